The fourth-order valence-corrected chi connectivity index (χ4v) is 6.51. The molecule has 2 unspecified atom stereocenters. The van der Waals surface area contributed by atoms with Crippen LogP contribution < -0.4 is 5.73 Å². The van der Waals surface area contributed by atoms with Crippen LogP contribution in [0.4, 0.5) is 0 Å². The Labute approximate surface area is 127 Å². The summed E-state index contributed by atoms with van der Waals surface area (Å²) in [5.41, 5.74) is 6.70. The summed E-state index contributed by atoms with van der Waals surface area (Å²) >= 11 is 4.66. The zero-order valence-corrected chi connectivity index (χ0v) is 14.3. The molecule has 0 saturated heterocycles. The molecule has 2 N–H and O–H groups in total. The summed E-state index contributed by atoms with van der Waals surface area (Å²) < 4.78 is 28.0. The van der Waals surface area contributed by atoms with Crippen molar-refractivity contribution in [3.05, 3.63) is 15.4 Å². The van der Waals surface area contributed by atoms with Crippen LogP contribution in [0.25, 0.3) is 0 Å². The van der Waals surface area contributed by atoms with Gasteiger partial charge in [0.05, 0.1) is 3.79 Å². The van der Waals surface area contributed by atoms with E-state index in [9.17, 15) is 8.42 Å². The Morgan fingerprint density at radius 1 is 1.53 bits per heavy atom. The normalized spacial score (nSPS) is 24.3. The number of nitrogens with zero attached hydrogens (tertiary/aromatic N) is 1. The SMILES string of the molecule is Cc1cc(S(=O)(=O)N(C)C2CCCC2CN)sc1Br. The summed E-state index contributed by atoms with van der Waals surface area (Å²) in [5, 5.41) is 0. The predicted molar refractivity (Wildman–Crippen MR) is 81.9 cm³/mol. The summed E-state index contributed by atoms with van der Waals surface area (Å²) in [4.78, 5) is 0. The monoisotopic (exact) mass is 366 g/mol. The average Bonchev–Trinajstić information content (AvgIpc) is 2.96. The Kier molecular flexibility index (Phi) is 4.72. The zero-order valence-electron chi connectivity index (χ0n) is 11.1. The molecular formula is C12H19BrN2O2S2. The molecule has 19 heavy (non-hydrogen) atoms. The molecule has 7 heteroatoms. The number of sulfonamides is 1. The van der Waals surface area contributed by atoms with E-state index in [4.69, 9.17) is 5.73 Å². The summed E-state index contributed by atoms with van der Waals surface area (Å²) in [7, 11) is -1.72. The zero-order chi connectivity index (χ0) is 14.2. The predicted octanol–water partition coefficient (Wildman–Crippen LogP) is 2.57. The van der Waals surface area contributed by atoms with Gasteiger partial charge in [-0.3, -0.25) is 0 Å². The molecule has 4 nitrogen and oxygen atoms in total. The van der Waals surface area contributed by atoms with Crippen molar-refractivity contribution in [3.8, 4) is 0 Å². The lowest BCUT2D eigenvalue weighted by Gasteiger charge is -2.27. The molecule has 1 aromatic rings. The van der Waals surface area contributed by atoms with Crippen molar-refractivity contribution in [1.29, 1.82) is 0 Å². The highest BCUT2D eigenvalue weighted by molar-refractivity contribution is 9.11. The van der Waals surface area contributed by atoms with Gasteiger partial charge in [-0.1, -0.05) is 6.42 Å². The van der Waals surface area contributed by atoms with Crippen molar-refractivity contribution in [2.45, 2.75) is 36.4 Å². The topological polar surface area (TPSA) is 63.4 Å². The van der Waals surface area contributed by atoms with Gasteiger partial charge in [0.2, 0.25) is 0 Å². The van der Waals surface area contributed by atoms with E-state index in [2.05, 4.69) is 15.9 Å². The highest BCUT2D eigenvalue weighted by Crippen LogP contribution is 2.36. The first-order valence-electron chi connectivity index (χ1n) is 6.32. The van der Waals surface area contributed by atoms with Gasteiger partial charge in [0.15, 0.2) is 0 Å². The minimum atomic E-state index is -3.40. The third kappa shape index (κ3) is 2.90. The minimum Gasteiger partial charge on any atom is -0.330 e. The second kappa shape index (κ2) is 5.81. The van der Waals surface area contributed by atoms with E-state index in [1.54, 1.807) is 13.1 Å². The van der Waals surface area contributed by atoms with Crippen molar-refractivity contribution in [1.82, 2.24) is 4.31 Å². The Morgan fingerprint density at radius 3 is 2.74 bits per heavy atom. The second-order valence-corrected chi connectivity index (χ2v) is 9.63. The lowest BCUT2D eigenvalue weighted by Crippen LogP contribution is -2.41. The van der Waals surface area contributed by atoms with E-state index < -0.39 is 10.0 Å². The summed E-state index contributed by atoms with van der Waals surface area (Å²) in [6, 6.07) is 1.77. The van der Waals surface area contributed by atoms with Crippen molar-refractivity contribution in [3.63, 3.8) is 0 Å². The highest BCUT2D eigenvalue weighted by Gasteiger charge is 2.36. The van der Waals surface area contributed by atoms with Gasteiger partial charge >= 0.3 is 0 Å². The molecule has 2 rings (SSSR count). The molecule has 0 bridgehead atoms. The van der Waals surface area contributed by atoms with Crippen LogP contribution in [0, 0.1) is 12.8 Å². The molecule has 1 aliphatic carbocycles. The van der Waals surface area contributed by atoms with E-state index in [0.717, 1.165) is 28.6 Å². The van der Waals surface area contributed by atoms with Gasteiger partial charge in [0, 0.05) is 13.1 Å². The molecule has 1 heterocycles. The minimum absolute atomic E-state index is 0.0381. The standard InChI is InChI=1S/C12H19BrN2O2S2/c1-8-6-11(18-12(8)13)19(16,17)15(2)10-5-3-4-9(10)7-14/h6,9-10H,3-5,7,14H2,1-2H3. The molecule has 0 amide bonds. The van der Waals surface area contributed by atoms with Crippen molar-refractivity contribution in [2.24, 2.45) is 11.7 Å². The summed E-state index contributed by atoms with van der Waals surface area (Å²) in [6.45, 7) is 2.45. The van der Waals surface area contributed by atoms with Gasteiger partial charge in [-0.05, 0) is 59.8 Å². The molecular weight excluding hydrogens is 348 g/mol. The Morgan fingerprint density at radius 2 is 2.21 bits per heavy atom. The van der Waals surface area contributed by atoms with E-state index in [-0.39, 0.29) is 12.0 Å². The fraction of sp³-hybridized carbons (Fsp3) is 0.667. The second-order valence-electron chi connectivity index (χ2n) is 5.04. The summed E-state index contributed by atoms with van der Waals surface area (Å²) in [5.74, 6) is 0.282. The maximum atomic E-state index is 12.6. The smallest absolute Gasteiger partial charge is 0.252 e. The number of halogens is 1. The van der Waals surface area contributed by atoms with Gasteiger partial charge in [0.1, 0.15) is 4.21 Å². The molecule has 0 spiro atoms. The Balaban J connectivity index is 2.29. The van der Waals surface area contributed by atoms with Crippen LogP contribution in [-0.4, -0.2) is 32.4 Å². The lowest BCUT2D eigenvalue weighted by atomic mass is 10.0. The number of rotatable bonds is 4. The third-order valence-electron chi connectivity index (χ3n) is 3.86. The highest BCUT2D eigenvalue weighted by atomic mass is 79.9. The maximum absolute atomic E-state index is 12.6. The largest absolute Gasteiger partial charge is 0.330 e. The van der Waals surface area contributed by atoms with Crippen molar-refractivity contribution in [2.75, 3.05) is 13.6 Å². The van der Waals surface area contributed by atoms with Crippen LogP contribution in [0.3, 0.4) is 0 Å². The fourth-order valence-electron chi connectivity index (χ4n) is 2.65. The molecule has 1 fully saturated rings. The third-order valence-corrected chi connectivity index (χ3v) is 8.33. The maximum Gasteiger partial charge on any atom is 0.252 e. The molecule has 0 radical (unpaired) electrons. The number of nitrogens with two attached hydrogens (primary N) is 1. The molecule has 0 aliphatic heterocycles. The average molecular weight is 367 g/mol. The van der Waals surface area contributed by atoms with Crippen LogP contribution in [0.15, 0.2) is 14.1 Å². The number of aryl methyl sites for hydroxylation is 1. The molecule has 1 aromatic heterocycles. The van der Waals surface area contributed by atoms with Crippen LogP contribution in [0.2, 0.25) is 0 Å². The summed E-state index contributed by atoms with van der Waals surface area (Å²) in [6.07, 6.45) is 2.98. The molecule has 108 valence electrons. The molecule has 2 atom stereocenters. The quantitative estimate of drug-likeness (QED) is 0.890. The van der Waals surface area contributed by atoms with Gasteiger partial charge in [-0.15, -0.1) is 11.3 Å². The van der Waals surface area contributed by atoms with Crippen LogP contribution in [-0.2, 0) is 10.0 Å². The van der Waals surface area contributed by atoms with E-state index in [0.29, 0.717) is 10.8 Å². The molecule has 1 saturated carbocycles. The first kappa shape index (κ1) is 15.4. The van der Waals surface area contributed by atoms with Crippen LogP contribution >= 0.6 is 27.3 Å². The van der Waals surface area contributed by atoms with Crippen LogP contribution in [0.1, 0.15) is 24.8 Å². The van der Waals surface area contributed by atoms with Crippen LogP contribution in [0.5, 0.6) is 0 Å². The Hall–Kier alpha value is 0.0500. The lowest BCUT2D eigenvalue weighted by molar-refractivity contribution is 0.305. The van der Waals surface area contributed by atoms with E-state index in [1.807, 2.05) is 6.92 Å². The van der Waals surface area contributed by atoms with Gasteiger partial charge < -0.3 is 5.73 Å². The van der Waals surface area contributed by atoms with Gasteiger partial charge in [0.25, 0.3) is 10.0 Å². The first-order chi connectivity index (χ1) is 8.87. The Bertz CT molecular complexity index is 537. The van der Waals surface area contributed by atoms with E-state index in [1.165, 1.54) is 15.6 Å². The van der Waals surface area contributed by atoms with Crippen molar-refractivity contribution >= 4 is 37.3 Å². The molecule has 0 aromatic carbocycles. The van der Waals surface area contributed by atoms with Gasteiger partial charge in [-0.2, -0.15) is 4.31 Å². The van der Waals surface area contributed by atoms with E-state index >= 15 is 0 Å². The number of thiophene rings is 1. The molecule has 1 aliphatic rings. The van der Waals surface area contributed by atoms with Gasteiger partial charge in [-0.25, -0.2) is 8.42 Å². The van der Waals surface area contributed by atoms with Crippen molar-refractivity contribution < 1.29 is 8.42 Å². The first-order valence-corrected chi connectivity index (χ1v) is 9.37. The number of hydrogen-bond donors (Lipinski definition) is 1. The number of hydrogen-bond acceptors (Lipinski definition) is 4.